The van der Waals surface area contributed by atoms with Gasteiger partial charge in [-0.15, -0.1) is 0 Å². The van der Waals surface area contributed by atoms with Crippen molar-refractivity contribution in [3.8, 4) is 11.1 Å². The van der Waals surface area contributed by atoms with Crippen LogP contribution in [-0.2, 0) is 43.3 Å². The Bertz CT molecular complexity index is 4560. The number of hydrogen-bond acceptors (Lipinski definition) is 4. The monoisotopic (exact) mass is 1150 g/mol. The van der Waals surface area contributed by atoms with Gasteiger partial charge in [0.2, 0.25) is 0 Å². The molecule has 1 aromatic heterocycles. The first kappa shape index (κ1) is 51.8. The topological polar surface area (TPSA) is 22.9 Å². The summed E-state index contributed by atoms with van der Waals surface area (Å²) in [5, 5.41) is 1.06. The SMILES string of the molecule is [2H]c1c([2H])c([2H])c(N(c2cc3c4c(c2)N(c2ccc5c(c2)C(C)(C)CCC5(C)C)c2c(oc5cc6c(cc25)C(C)(C)CCC6(C)C)B4c2cc(C(C)(C)C)ccc2N3c2ccc(C(C)(C)C)cc2-c2ccccc2)c2ccc3c(c2)C(C)(C)CCC3(C)C)c([2H])c1[2H]. The highest BCUT2D eigenvalue weighted by atomic mass is 16.3. The van der Waals surface area contributed by atoms with Gasteiger partial charge in [-0.1, -0.05) is 203 Å². The van der Waals surface area contributed by atoms with Gasteiger partial charge in [-0.2, -0.15) is 0 Å². The van der Waals surface area contributed by atoms with Crippen LogP contribution in [0.3, 0.4) is 0 Å². The van der Waals surface area contributed by atoms with Crippen LogP contribution in [-0.4, -0.2) is 6.71 Å². The van der Waals surface area contributed by atoms with Gasteiger partial charge in [0.1, 0.15) is 5.58 Å². The highest BCUT2D eigenvalue weighted by molar-refractivity contribution is 7.00. The number of para-hydroxylation sites is 1. The third-order valence-electron chi connectivity index (χ3n) is 21.8. The molecule has 0 amide bonds. The van der Waals surface area contributed by atoms with Crippen LogP contribution < -0.4 is 31.3 Å². The van der Waals surface area contributed by atoms with Gasteiger partial charge in [0.05, 0.1) is 29.6 Å². The summed E-state index contributed by atoms with van der Waals surface area (Å²) in [6.07, 6.45) is 6.25. The molecule has 0 spiro atoms. The van der Waals surface area contributed by atoms with E-state index in [9.17, 15) is 5.48 Å². The molecule has 5 heteroatoms. The largest absolute Gasteiger partial charge is 0.468 e. The smallest absolute Gasteiger partial charge is 0.297 e. The summed E-state index contributed by atoms with van der Waals surface area (Å²) in [5.41, 5.74) is 22.7. The van der Waals surface area contributed by atoms with E-state index in [1.165, 1.54) is 44.5 Å². The molecule has 0 saturated heterocycles. The van der Waals surface area contributed by atoms with Crippen LogP contribution in [0.1, 0.15) is 215 Å². The van der Waals surface area contributed by atoms with E-state index >= 15 is 0 Å². The number of hydrogen-bond donors (Lipinski definition) is 0. The Hall–Kier alpha value is -7.24. The Morgan fingerprint density at radius 2 is 0.954 bits per heavy atom. The van der Waals surface area contributed by atoms with E-state index in [0.717, 1.165) is 117 Å². The van der Waals surface area contributed by atoms with Crippen molar-refractivity contribution < 1.29 is 11.3 Å². The zero-order chi connectivity index (χ0) is 65.9. The maximum Gasteiger partial charge on any atom is 0.297 e. The maximum absolute atomic E-state index is 10.0. The molecule has 3 heterocycles. The Labute approximate surface area is 528 Å². The molecule has 14 rings (SSSR count). The molecule has 0 saturated carbocycles. The maximum atomic E-state index is 10.0. The van der Waals surface area contributed by atoms with Crippen molar-refractivity contribution in [2.45, 2.75) is 206 Å². The van der Waals surface area contributed by atoms with E-state index < -0.39 is 12.8 Å². The molecule has 2 aliphatic heterocycles. The minimum absolute atomic E-state index is 0.0442. The van der Waals surface area contributed by atoms with Crippen LogP contribution in [0.4, 0.5) is 51.2 Å². The van der Waals surface area contributed by atoms with E-state index in [1.54, 1.807) is 0 Å². The second-order valence-corrected chi connectivity index (χ2v) is 32.7. The average molecular weight is 1150 g/mol. The molecule has 87 heavy (non-hydrogen) atoms. The lowest BCUT2D eigenvalue weighted by molar-refractivity contribution is 0.332. The second kappa shape index (κ2) is 19.1. The van der Waals surface area contributed by atoms with Crippen LogP contribution in [0, 0.1) is 0 Å². The Balaban J connectivity index is 1.20. The number of furan rings is 1. The number of rotatable bonds is 6. The fourth-order valence-corrected chi connectivity index (χ4v) is 15.9. The molecule has 8 aromatic carbocycles. The molecule has 0 bridgehead atoms. The molecule has 0 atom stereocenters. The van der Waals surface area contributed by atoms with Gasteiger partial charge < -0.3 is 19.1 Å². The van der Waals surface area contributed by atoms with Crippen molar-refractivity contribution >= 4 is 85.5 Å². The van der Waals surface area contributed by atoms with E-state index in [0.29, 0.717) is 5.69 Å². The minimum Gasteiger partial charge on any atom is -0.468 e. The Morgan fingerprint density at radius 3 is 1.54 bits per heavy atom. The van der Waals surface area contributed by atoms with Crippen molar-refractivity contribution in [2.24, 2.45) is 0 Å². The second-order valence-electron chi connectivity index (χ2n) is 32.7. The number of fused-ring (bicyclic) bond motifs is 9. The molecular formula is C82H92BN3O. The molecule has 0 unspecified atom stereocenters. The highest BCUT2D eigenvalue weighted by Gasteiger charge is 2.50. The Kier molecular flexibility index (Phi) is 11.4. The highest BCUT2D eigenvalue weighted by Crippen LogP contribution is 2.57. The van der Waals surface area contributed by atoms with E-state index in [-0.39, 0.29) is 73.2 Å². The van der Waals surface area contributed by atoms with Crippen molar-refractivity contribution in [3.05, 3.63) is 202 Å². The third kappa shape index (κ3) is 9.11. The van der Waals surface area contributed by atoms with Crippen LogP contribution >= 0.6 is 0 Å². The zero-order valence-corrected chi connectivity index (χ0v) is 55.2. The molecule has 0 radical (unpaired) electrons. The predicted octanol–water partition coefficient (Wildman–Crippen LogP) is 21.3. The molecule has 3 aliphatic carbocycles. The molecule has 5 aliphatic rings. The number of benzene rings is 8. The van der Waals surface area contributed by atoms with Gasteiger partial charge in [-0.25, -0.2) is 0 Å². The summed E-state index contributed by atoms with van der Waals surface area (Å²) in [5.74, 6) is 0. The summed E-state index contributed by atoms with van der Waals surface area (Å²) in [6.45, 7) is 41.9. The summed E-state index contributed by atoms with van der Waals surface area (Å²) in [6, 6.07) is 46.5. The summed E-state index contributed by atoms with van der Waals surface area (Å²) in [4.78, 5) is 7.01. The van der Waals surface area contributed by atoms with Crippen LogP contribution in [0.2, 0.25) is 0 Å². The van der Waals surface area contributed by atoms with Crippen LogP contribution in [0.15, 0.2) is 162 Å². The molecule has 0 N–H and O–H groups in total. The quantitative estimate of drug-likeness (QED) is 0.155. The molecule has 9 aromatic rings. The minimum atomic E-state index is -0.428. The fourth-order valence-electron chi connectivity index (χ4n) is 15.9. The van der Waals surface area contributed by atoms with E-state index in [1.807, 2.05) is 4.90 Å². The van der Waals surface area contributed by atoms with E-state index in [4.69, 9.17) is 5.79 Å². The fraction of sp³-hybridized carbons (Fsp3) is 0.390. The average Bonchev–Trinajstić information content (AvgIpc) is 1.28. The molecule has 0 fully saturated rings. The first-order chi connectivity index (χ1) is 42.9. The summed E-state index contributed by atoms with van der Waals surface area (Å²) >= 11 is 0. The van der Waals surface area contributed by atoms with Gasteiger partial charge in [0.15, 0.2) is 0 Å². The van der Waals surface area contributed by atoms with Gasteiger partial charge in [0, 0.05) is 45.1 Å². The van der Waals surface area contributed by atoms with Crippen LogP contribution in [0.25, 0.3) is 22.1 Å². The van der Waals surface area contributed by atoms with Gasteiger partial charge in [-0.3, -0.25) is 0 Å². The summed E-state index contributed by atoms with van der Waals surface area (Å²) in [7, 11) is 0. The lowest BCUT2D eigenvalue weighted by atomic mass is 9.35. The molecule has 4 nitrogen and oxygen atoms in total. The Morgan fingerprint density at radius 1 is 0.448 bits per heavy atom. The first-order valence-electron chi connectivity index (χ1n) is 34.8. The number of anilines is 9. The first-order valence-corrected chi connectivity index (χ1v) is 32.3. The van der Waals surface area contributed by atoms with Crippen molar-refractivity contribution in [2.75, 3.05) is 14.7 Å². The predicted molar refractivity (Wildman–Crippen MR) is 374 cm³/mol. The summed E-state index contributed by atoms with van der Waals surface area (Å²) < 4.78 is 55.8. The van der Waals surface area contributed by atoms with Crippen molar-refractivity contribution in [3.63, 3.8) is 0 Å². The zero-order valence-electron chi connectivity index (χ0n) is 60.2. The standard InChI is InChI=1S/C82H92BN3O/c1-75(2,3)52-29-35-67(58(43-52)51-25-21-19-22-26-51)86-68-36-30-53(76(4,5)6)44-66(68)83-72-69(47-57(48-70(72)86)84(54-27-23-20-24-28-54)55-31-33-60-62(45-55)79(11,12)39-37-77(60,7)8)85(56-32-34-61-63(46-56)80(13,14)40-38-78(61,9)10)73-59-49-64-65(50-71(59)87-74(73)83)82(17,18)42-41-81(64,15)16/h19-36,43-50H,37-42H2,1-18H3/i20D,23D,24D,27D,28D. The molecule has 444 valence electrons. The van der Waals surface area contributed by atoms with E-state index in [2.05, 4.69) is 262 Å². The lowest BCUT2D eigenvalue weighted by Gasteiger charge is -2.45. The lowest BCUT2D eigenvalue weighted by Crippen LogP contribution is -2.61. The third-order valence-corrected chi connectivity index (χ3v) is 21.8. The van der Waals surface area contributed by atoms with Crippen LogP contribution in [0.5, 0.6) is 0 Å². The van der Waals surface area contributed by atoms with Crippen molar-refractivity contribution in [1.82, 2.24) is 0 Å². The molecular weight excluding hydrogens is 1050 g/mol. The normalized spacial score (nSPS) is 19.7. The van der Waals surface area contributed by atoms with Gasteiger partial charge >= 0.3 is 0 Å². The van der Waals surface area contributed by atoms with Gasteiger partial charge in [-0.05, 0) is 222 Å². The van der Waals surface area contributed by atoms with Gasteiger partial charge in [0.25, 0.3) is 6.71 Å². The number of nitrogens with zero attached hydrogens (tertiary/aromatic N) is 3. The van der Waals surface area contributed by atoms with Crippen molar-refractivity contribution in [1.29, 1.82) is 0 Å².